The second-order valence-corrected chi connectivity index (χ2v) is 6.00. The lowest BCUT2D eigenvalue weighted by Gasteiger charge is -2.33. The fourth-order valence-electron chi connectivity index (χ4n) is 2.58. The highest BCUT2D eigenvalue weighted by Gasteiger charge is 2.26. The van der Waals surface area contributed by atoms with Crippen LogP contribution < -0.4 is 5.32 Å². The molecule has 0 spiro atoms. The van der Waals surface area contributed by atoms with E-state index in [-0.39, 0.29) is 17.2 Å². The summed E-state index contributed by atoms with van der Waals surface area (Å²) in [5.41, 5.74) is 0.753. The molecule has 0 bridgehead atoms. The Labute approximate surface area is 144 Å². The molecule has 1 atom stereocenters. The molecule has 128 valence electrons. The molecule has 0 saturated carbocycles. The molecule has 3 rings (SSSR count). The second kappa shape index (κ2) is 7.19. The largest absolute Gasteiger partial charge is 0.370 e. The number of aryl methyl sites for hydroxylation is 1. The number of benzene rings is 1. The fourth-order valence-corrected chi connectivity index (χ4v) is 2.77. The molecule has 1 saturated heterocycles. The number of amides is 2. The van der Waals surface area contributed by atoms with E-state index in [1.165, 1.54) is 12.1 Å². The summed E-state index contributed by atoms with van der Waals surface area (Å²) < 4.78 is 20.8. The van der Waals surface area contributed by atoms with Crippen LogP contribution in [-0.4, -0.2) is 40.2 Å². The quantitative estimate of drug-likeness (QED) is 0.923. The summed E-state index contributed by atoms with van der Waals surface area (Å²) in [7, 11) is 1.87. The normalized spacial score (nSPS) is 17.8. The predicted molar refractivity (Wildman–Crippen MR) is 87.1 cm³/mol. The van der Waals surface area contributed by atoms with E-state index in [1.807, 2.05) is 17.8 Å². The number of ether oxygens (including phenoxy) is 1. The highest BCUT2D eigenvalue weighted by atomic mass is 35.5. The number of halogens is 2. The molecule has 2 amide bonds. The number of morpholine rings is 1. The Morgan fingerprint density at radius 1 is 1.54 bits per heavy atom. The molecule has 0 aliphatic carbocycles. The molecule has 0 radical (unpaired) electrons. The van der Waals surface area contributed by atoms with Crippen molar-refractivity contribution in [1.29, 1.82) is 0 Å². The van der Waals surface area contributed by atoms with Crippen LogP contribution in [0.3, 0.4) is 0 Å². The number of urea groups is 1. The van der Waals surface area contributed by atoms with Crippen molar-refractivity contribution in [2.24, 2.45) is 7.05 Å². The zero-order valence-corrected chi connectivity index (χ0v) is 14.0. The Hall–Kier alpha value is -2.12. The third-order valence-electron chi connectivity index (χ3n) is 3.99. The van der Waals surface area contributed by atoms with Gasteiger partial charge in [0.25, 0.3) is 0 Å². The maximum Gasteiger partial charge on any atom is 0.317 e. The minimum Gasteiger partial charge on any atom is -0.370 e. The molecule has 2 heterocycles. The van der Waals surface area contributed by atoms with Crippen LogP contribution in [-0.2, 0) is 18.3 Å². The molecule has 8 heteroatoms. The van der Waals surface area contributed by atoms with Crippen LogP contribution in [0.1, 0.15) is 17.5 Å². The maximum atomic E-state index is 13.3. The molecule has 1 aliphatic rings. The molecule has 1 unspecified atom stereocenters. The van der Waals surface area contributed by atoms with Gasteiger partial charge in [-0.15, -0.1) is 0 Å². The van der Waals surface area contributed by atoms with E-state index in [1.54, 1.807) is 17.2 Å². The van der Waals surface area contributed by atoms with Crippen LogP contribution in [0, 0.1) is 5.82 Å². The summed E-state index contributed by atoms with van der Waals surface area (Å²) in [6.45, 7) is 1.65. The number of nitrogens with one attached hydrogen (secondary N) is 1. The number of imidazole rings is 1. The van der Waals surface area contributed by atoms with Crippen LogP contribution in [0.4, 0.5) is 9.18 Å². The fraction of sp³-hybridized carbons (Fsp3) is 0.375. The van der Waals surface area contributed by atoms with Gasteiger partial charge in [-0.1, -0.05) is 17.7 Å². The monoisotopic (exact) mass is 352 g/mol. The number of rotatable bonds is 3. The molecule has 1 aromatic heterocycles. The summed E-state index contributed by atoms with van der Waals surface area (Å²) in [5.74, 6) is 0.305. The van der Waals surface area contributed by atoms with Gasteiger partial charge in [0.05, 0.1) is 24.7 Å². The van der Waals surface area contributed by atoms with Crippen molar-refractivity contribution in [2.45, 2.75) is 12.6 Å². The van der Waals surface area contributed by atoms with E-state index >= 15 is 0 Å². The number of hydrogen-bond donors (Lipinski definition) is 1. The van der Waals surface area contributed by atoms with Gasteiger partial charge < -0.3 is 19.5 Å². The number of carbonyl (C=O) groups excluding carboxylic acids is 1. The first-order valence-electron chi connectivity index (χ1n) is 7.60. The standard InChI is InChI=1S/C16H18ClFN4O2/c1-21-5-4-19-15(21)9-20-16(23)22-6-7-24-14(10-22)11-2-3-13(18)12(17)8-11/h2-5,8,14H,6-7,9-10H2,1H3,(H,20,23). The Balaban J connectivity index is 1.61. The zero-order valence-electron chi connectivity index (χ0n) is 13.2. The first-order chi connectivity index (χ1) is 11.5. The van der Waals surface area contributed by atoms with E-state index in [2.05, 4.69) is 10.3 Å². The maximum absolute atomic E-state index is 13.3. The average Bonchev–Trinajstić information content (AvgIpc) is 3.00. The lowest BCUT2D eigenvalue weighted by Crippen LogP contribution is -2.47. The summed E-state index contributed by atoms with van der Waals surface area (Å²) in [5, 5.41) is 2.90. The Morgan fingerprint density at radius 3 is 3.08 bits per heavy atom. The number of hydrogen-bond acceptors (Lipinski definition) is 3. The Bertz CT molecular complexity index is 737. The molecule has 1 aliphatic heterocycles. The smallest absolute Gasteiger partial charge is 0.317 e. The molecule has 24 heavy (non-hydrogen) atoms. The van der Waals surface area contributed by atoms with E-state index < -0.39 is 5.82 Å². The third-order valence-corrected chi connectivity index (χ3v) is 4.28. The van der Waals surface area contributed by atoms with Crippen molar-refractivity contribution in [3.63, 3.8) is 0 Å². The first kappa shape index (κ1) is 16.7. The molecular weight excluding hydrogens is 335 g/mol. The third kappa shape index (κ3) is 3.68. The van der Waals surface area contributed by atoms with Crippen LogP contribution >= 0.6 is 11.6 Å². The van der Waals surface area contributed by atoms with Gasteiger partial charge in [0.1, 0.15) is 17.7 Å². The van der Waals surface area contributed by atoms with Crippen LogP contribution in [0.15, 0.2) is 30.6 Å². The van der Waals surface area contributed by atoms with Crippen molar-refractivity contribution in [3.8, 4) is 0 Å². The molecule has 1 N–H and O–H groups in total. The molecule has 1 fully saturated rings. The SMILES string of the molecule is Cn1ccnc1CNC(=O)N1CCOC(c2ccc(F)c(Cl)c2)C1. The van der Waals surface area contributed by atoms with Gasteiger partial charge in [-0.05, 0) is 17.7 Å². The summed E-state index contributed by atoms with van der Waals surface area (Å²) >= 11 is 5.82. The van der Waals surface area contributed by atoms with E-state index in [0.717, 1.165) is 11.4 Å². The van der Waals surface area contributed by atoms with Crippen molar-refractivity contribution < 1.29 is 13.9 Å². The van der Waals surface area contributed by atoms with Crippen molar-refractivity contribution in [2.75, 3.05) is 19.7 Å². The predicted octanol–water partition coefficient (Wildman–Crippen LogP) is 2.50. The minimum absolute atomic E-state index is 0.0486. The van der Waals surface area contributed by atoms with Crippen molar-refractivity contribution in [3.05, 3.63) is 52.8 Å². The van der Waals surface area contributed by atoms with Gasteiger partial charge in [0, 0.05) is 26.0 Å². The lowest BCUT2D eigenvalue weighted by molar-refractivity contribution is -0.0155. The summed E-state index contributed by atoms with van der Waals surface area (Å²) in [4.78, 5) is 18.2. The topological polar surface area (TPSA) is 59.4 Å². The summed E-state index contributed by atoms with van der Waals surface area (Å²) in [6, 6.07) is 4.29. The van der Waals surface area contributed by atoms with E-state index in [9.17, 15) is 9.18 Å². The Morgan fingerprint density at radius 2 is 2.38 bits per heavy atom. The van der Waals surface area contributed by atoms with Gasteiger partial charge in [0.2, 0.25) is 0 Å². The minimum atomic E-state index is -0.471. The lowest BCUT2D eigenvalue weighted by atomic mass is 10.1. The first-order valence-corrected chi connectivity index (χ1v) is 7.98. The summed E-state index contributed by atoms with van der Waals surface area (Å²) in [6.07, 6.45) is 3.19. The highest BCUT2D eigenvalue weighted by Crippen LogP contribution is 2.26. The van der Waals surface area contributed by atoms with Gasteiger partial charge in [-0.3, -0.25) is 0 Å². The molecule has 2 aromatic rings. The van der Waals surface area contributed by atoms with Gasteiger partial charge in [-0.25, -0.2) is 14.2 Å². The van der Waals surface area contributed by atoms with Gasteiger partial charge in [0.15, 0.2) is 0 Å². The van der Waals surface area contributed by atoms with Crippen LogP contribution in [0.2, 0.25) is 5.02 Å². The van der Waals surface area contributed by atoms with E-state index in [0.29, 0.717) is 26.2 Å². The Kier molecular flexibility index (Phi) is 5.01. The van der Waals surface area contributed by atoms with Crippen LogP contribution in [0.5, 0.6) is 0 Å². The molecular formula is C16H18ClFN4O2. The van der Waals surface area contributed by atoms with Gasteiger partial charge >= 0.3 is 6.03 Å². The zero-order chi connectivity index (χ0) is 17.1. The van der Waals surface area contributed by atoms with Crippen molar-refractivity contribution in [1.82, 2.24) is 19.8 Å². The molecule has 1 aromatic carbocycles. The highest BCUT2D eigenvalue weighted by molar-refractivity contribution is 6.30. The van der Waals surface area contributed by atoms with Crippen molar-refractivity contribution >= 4 is 17.6 Å². The van der Waals surface area contributed by atoms with E-state index in [4.69, 9.17) is 16.3 Å². The second-order valence-electron chi connectivity index (χ2n) is 5.59. The van der Waals surface area contributed by atoms with Gasteiger partial charge in [-0.2, -0.15) is 0 Å². The number of aromatic nitrogens is 2. The molecule has 6 nitrogen and oxygen atoms in total. The number of nitrogens with zero attached hydrogens (tertiary/aromatic N) is 3. The number of carbonyl (C=O) groups is 1. The average molecular weight is 353 g/mol. The van der Waals surface area contributed by atoms with Crippen LogP contribution in [0.25, 0.3) is 0 Å².